The van der Waals surface area contributed by atoms with Crippen molar-refractivity contribution in [2.45, 2.75) is 45.6 Å². The smallest absolute Gasteiger partial charge is 0.274 e. The lowest BCUT2D eigenvalue weighted by molar-refractivity contribution is -0.119. The zero-order chi connectivity index (χ0) is 14.8. The van der Waals surface area contributed by atoms with Gasteiger partial charge in [0.1, 0.15) is 0 Å². The fourth-order valence-electron chi connectivity index (χ4n) is 1.82. The van der Waals surface area contributed by atoms with E-state index in [0.717, 1.165) is 5.69 Å². The molecule has 0 bridgehead atoms. The standard InChI is InChI=1S/C12H21N5O2/c1-6(2)9-8(14)10(17-16-9)11(19)15-12(3,4)5-7(13)18/h6H,5,14H2,1-4H3,(H2,13,18)(H,15,19)(H,16,17). The fourth-order valence-corrected chi connectivity index (χ4v) is 1.82. The second-order valence-electron chi connectivity index (χ2n) is 5.54. The molecule has 1 rings (SSSR count). The molecule has 0 aliphatic rings. The van der Waals surface area contributed by atoms with Gasteiger partial charge in [0.2, 0.25) is 5.91 Å². The maximum atomic E-state index is 12.1. The summed E-state index contributed by atoms with van der Waals surface area (Å²) in [5.74, 6) is -0.761. The van der Waals surface area contributed by atoms with Crippen molar-refractivity contribution in [3.05, 3.63) is 11.4 Å². The number of nitrogens with one attached hydrogen (secondary N) is 2. The van der Waals surface area contributed by atoms with Gasteiger partial charge in [-0.25, -0.2) is 0 Å². The molecule has 0 saturated heterocycles. The van der Waals surface area contributed by atoms with Crippen LogP contribution in [-0.4, -0.2) is 27.6 Å². The Balaban J connectivity index is 2.87. The van der Waals surface area contributed by atoms with Gasteiger partial charge < -0.3 is 16.8 Å². The van der Waals surface area contributed by atoms with Crippen molar-refractivity contribution < 1.29 is 9.59 Å². The van der Waals surface area contributed by atoms with Crippen LogP contribution < -0.4 is 16.8 Å². The third-order valence-corrected chi connectivity index (χ3v) is 2.69. The highest BCUT2D eigenvalue weighted by Gasteiger charge is 2.26. The molecule has 7 nitrogen and oxygen atoms in total. The molecule has 0 fully saturated rings. The number of H-pyrrole nitrogens is 1. The molecule has 0 radical (unpaired) electrons. The Morgan fingerprint density at radius 1 is 1.42 bits per heavy atom. The van der Waals surface area contributed by atoms with E-state index in [1.807, 2.05) is 13.8 Å². The molecule has 0 aliphatic carbocycles. The first-order valence-electron chi connectivity index (χ1n) is 6.08. The number of rotatable bonds is 5. The Morgan fingerprint density at radius 2 is 2.00 bits per heavy atom. The third kappa shape index (κ3) is 3.70. The lowest BCUT2D eigenvalue weighted by Crippen LogP contribution is -2.46. The number of nitrogens with two attached hydrogens (primary N) is 2. The van der Waals surface area contributed by atoms with Crippen molar-refractivity contribution in [2.75, 3.05) is 5.73 Å². The van der Waals surface area contributed by atoms with Crippen molar-refractivity contribution in [3.8, 4) is 0 Å². The van der Waals surface area contributed by atoms with Crippen LogP contribution in [0, 0.1) is 0 Å². The number of amides is 2. The fraction of sp³-hybridized carbons (Fsp3) is 0.583. The van der Waals surface area contributed by atoms with Crippen LogP contribution in [0.3, 0.4) is 0 Å². The molecule has 6 N–H and O–H groups in total. The normalized spacial score (nSPS) is 11.6. The van der Waals surface area contributed by atoms with Crippen molar-refractivity contribution in [2.24, 2.45) is 5.73 Å². The van der Waals surface area contributed by atoms with E-state index >= 15 is 0 Å². The van der Waals surface area contributed by atoms with E-state index in [0.29, 0.717) is 5.69 Å². The zero-order valence-electron chi connectivity index (χ0n) is 11.7. The molecule has 7 heteroatoms. The highest BCUT2D eigenvalue weighted by molar-refractivity contribution is 5.98. The van der Waals surface area contributed by atoms with E-state index in [-0.39, 0.29) is 18.0 Å². The minimum atomic E-state index is -0.744. The summed E-state index contributed by atoms with van der Waals surface area (Å²) in [7, 11) is 0. The molecule has 0 atom stereocenters. The Morgan fingerprint density at radius 3 is 2.42 bits per heavy atom. The van der Waals surface area contributed by atoms with Gasteiger partial charge >= 0.3 is 0 Å². The molecule has 106 valence electrons. The summed E-state index contributed by atoms with van der Waals surface area (Å²) in [6, 6.07) is 0. The minimum Gasteiger partial charge on any atom is -0.395 e. The van der Waals surface area contributed by atoms with Gasteiger partial charge in [-0.3, -0.25) is 14.7 Å². The van der Waals surface area contributed by atoms with Crippen molar-refractivity contribution >= 4 is 17.5 Å². The van der Waals surface area contributed by atoms with Crippen molar-refractivity contribution in [3.63, 3.8) is 0 Å². The van der Waals surface area contributed by atoms with Gasteiger partial charge in [-0.05, 0) is 19.8 Å². The number of hydrogen-bond donors (Lipinski definition) is 4. The van der Waals surface area contributed by atoms with Gasteiger partial charge in [-0.1, -0.05) is 13.8 Å². The van der Waals surface area contributed by atoms with E-state index in [9.17, 15) is 9.59 Å². The van der Waals surface area contributed by atoms with E-state index < -0.39 is 17.4 Å². The maximum absolute atomic E-state index is 12.1. The highest BCUT2D eigenvalue weighted by atomic mass is 16.2. The van der Waals surface area contributed by atoms with Gasteiger partial charge in [0.25, 0.3) is 5.91 Å². The van der Waals surface area contributed by atoms with E-state index in [4.69, 9.17) is 11.5 Å². The van der Waals surface area contributed by atoms with Gasteiger partial charge in [-0.2, -0.15) is 5.10 Å². The van der Waals surface area contributed by atoms with E-state index in [1.54, 1.807) is 13.8 Å². The van der Waals surface area contributed by atoms with Crippen LogP contribution in [0.25, 0.3) is 0 Å². The van der Waals surface area contributed by atoms with Crippen molar-refractivity contribution in [1.82, 2.24) is 15.5 Å². The Hall–Kier alpha value is -2.05. The van der Waals surface area contributed by atoms with Gasteiger partial charge in [0, 0.05) is 12.0 Å². The maximum Gasteiger partial charge on any atom is 0.274 e. The third-order valence-electron chi connectivity index (χ3n) is 2.69. The molecule has 1 heterocycles. The quantitative estimate of drug-likeness (QED) is 0.619. The highest BCUT2D eigenvalue weighted by Crippen LogP contribution is 2.22. The summed E-state index contributed by atoms with van der Waals surface area (Å²) >= 11 is 0. The summed E-state index contributed by atoms with van der Waals surface area (Å²) in [6.45, 7) is 7.31. The van der Waals surface area contributed by atoms with Crippen LogP contribution in [-0.2, 0) is 4.79 Å². The molecular formula is C12H21N5O2. The number of aromatic amines is 1. The molecular weight excluding hydrogens is 246 g/mol. The zero-order valence-corrected chi connectivity index (χ0v) is 11.7. The average molecular weight is 267 g/mol. The van der Waals surface area contributed by atoms with Crippen LogP contribution in [0.15, 0.2) is 0 Å². The number of carbonyl (C=O) groups is 2. The average Bonchev–Trinajstić information content (AvgIpc) is 2.56. The number of anilines is 1. The lowest BCUT2D eigenvalue weighted by Gasteiger charge is -2.24. The Bertz CT molecular complexity index is 490. The lowest BCUT2D eigenvalue weighted by atomic mass is 10.00. The number of nitrogens with zero attached hydrogens (tertiary/aromatic N) is 1. The largest absolute Gasteiger partial charge is 0.395 e. The molecule has 2 amide bonds. The predicted octanol–water partition coefficient (Wildman–Crippen LogP) is 0.499. The van der Waals surface area contributed by atoms with E-state index in [2.05, 4.69) is 15.5 Å². The number of nitrogen functional groups attached to an aromatic ring is 1. The molecule has 0 aliphatic heterocycles. The van der Waals surface area contributed by atoms with Gasteiger partial charge in [0.05, 0.1) is 11.4 Å². The second kappa shape index (κ2) is 5.29. The first-order chi connectivity index (χ1) is 8.64. The summed E-state index contributed by atoms with van der Waals surface area (Å²) in [4.78, 5) is 23.0. The molecule has 1 aromatic rings. The Kier molecular flexibility index (Phi) is 4.18. The topological polar surface area (TPSA) is 127 Å². The number of aromatic nitrogens is 2. The summed E-state index contributed by atoms with van der Waals surface area (Å²) < 4.78 is 0. The second-order valence-corrected chi connectivity index (χ2v) is 5.54. The van der Waals surface area contributed by atoms with Gasteiger partial charge in [0.15, 0.2) is 5.69 Å². The number of carbonyl (C=O) groups excluding carboxylic acids is 2. The Labute approximate surface area is 112 Å². The number of hydrogen-bond acceptors (Lipinski definition) is 4. The van der Waals surface area contributed by atoms with Crippen LogP contribution in [0.4, 0.5) is 5.69 Å². The molecule has 0 unspecified atom stereocenters. The van der Waals surface area contributed by atoms with Crippen LogP contribution >= 0.6 is 0 Å². The summed E-state index contributed by atoms with van der Waals surface area (Å²) in [5.41, 5.74) is 11.5. The predicted molar refractivity (Wildman–Crippen MR) is 72.4 cm³/mol. The first kappa shape index (κ1) is 15.0. The molecule has 0 spiro atoms. The van der Waals surface area contributed by atoms with Crippen LogP contribution in [0.5, 0.6) is 0 Å². The van der Waals surface area contributed by atoms with Crippen LogP contribution in [0.1, 0.15) is 56.2 Å². The first-order valence-corrected chi connectivity index (χ1v) is 6.08. The molecule has 0 aromatic carbocycles. The molecule has 19 heavy (non-hydrogen) atoms. The number of primary amides is 1. The SMILES string of the molecule is CC(C)c1[nH]nc(C(=O)NC(C)(C)CC(N)=O)c1N. The molecule has 0 saturated carbocycles. The van der Waals surface area contributed by atoms with Crippen LogP contribution in [0.2, 0.25) is 0 Å². The van der Waals surface area contributed by atoms with E-state index in [1.165, 1.54) is 0 Å². The monoisotopic (exact) mass is 267 g/mol. The van der Waals surface area contributed by atoms with Crippen molar-refractivity contribution in [1.29, 1.82) is 0 Å². The van der Waals surface area contributed by atoms with Gasteiger partial charge in [-0.15, -0.1) is 0 Å². The minimum absolute atomic E-state index is 0.0418. The summed E-state index contributed by atoms with van der Waals surface area (Å²) in [6.07, 6.45) is 0.0418. The molecule has 1 aromatic heterocycles. The summed E-state index contributed by atoms with van der Waals surface area (Å²) in [5, 5.41) is 9.37.